The summed E-state index contributed by atoms with van der Waals surface area (Å²) in [5.74, 6) is -0.0484. The van der Waals surface area contributed by atoms with E-state index in [4.69, 9.17) is 16.3 Å². The van der Waals surface area contributed by atoms with Crippen LogP contribution >= 0.6 is 11.6 Å². The van der Waals surface area contributed by atoms with Gasteiger partial charge in [-0.25, -0.2) is 19.1 Å². The van der Waals surface area contributed by atoms with Crippen molar-refractivity contribution in [2.45, 2.75) is 59.4 Å². The molecule has 0 bridgehead atoms. The van der Waals surface area contributed by atoms with Gasteiger partial charge >= 0.3 is 6.09 Å². The van der Waals surface area contributed by atoms with Crippen molar-refractivity contribution in [3.05, 3.63) is 105 Å². The fourth-order valence-corrected chi connectivity index (χ4v) is 6.49. The molecule has 10 heteroatoms. The molecule has 4 aromatic rings. The van der Waals surface area contributed by atoms with Crippen molar-refractivity contribution in [3.63, 3.8) is 0 Å². The lowest BCUT2D eigenvalue weighted by Gasteiger charge is -2.33. The Hall–Kier alpha value is -4.21. The quantitative estimate of drug-likeness (QED) is 0.158. The SMILES string of the molecule is Cc1cc(C)c(C(c2cc(Cl)ccc2C)N(C(=O)O)c2ccnc(Nc3ccc(OCCCN4CCCCC4)c(F)c3)n2)c(C)c1. The standard InChI is InChI=1S/C36H41ClFN5O3/c1-23-19-25(3)33(26(4)20-23)34(29-21-27(37)10-9-24(29)2)43(36(44)45)32-13-14-39-35(41-32)40-28-11-12-31(30(38)22-28)46-18-8-17-42-15-6-5-7-16-42/h9-14,19-22,34H,5-8,15-18H2,1-4H3,(H,44,45)(H,39,40,41). The number of carbonyl (C=O) groups is 1. The van der Waals surface area contributed by atoms with Crippen molar-refractivity contribution in [3.8, 4) is 5.75 Å². The zero-order valence-corrected chi connectivity index (χ0v) is 27.6. The molecule has 3 aromatic carbocycles. The van der Waals surface area contributed by atoms with Crippen LogP contribution in [0.15, 0.2) is 60.8 Å². The van der Waals surface area contributed by atoms with Crippen LogP contribution in [-0.4, -0.2) is 52.3 Å². The van der Waals surface area contributed by atoms with E-state index in [9.17, 15) is 14.3 Å². The van der Waals surface area contributed by atoms with Crippen LogP contribution in [0.2, 0.25) is 5.02 Å². The molecule has 8 nitrogen and oxygen atoms in total. The van der Waals surface area contributed by atoms with Gasteiger partial charge in [0, 0.05) is 29.5 Å². The van der Waals surface area contributed by atoms with E-state index in [-0.39, 0.29) is 17.5 Å². The Morgan fingerprint density at radius 1 is 1.02 bits per heavy atom. The lowest BCUT2D eigenvalue weighted by Crippen LogP contribution is -2.36. The predicted molar refractivity (Wildman–Crippen MR) is 181 cm³/mol. The van der Waals surface area contributed by atoms with Crippen LogP contribution in [0.1, 0.15) is 65.1 Å². The molecule has 242 valence electrons. The Labute approximate surface area is 275 Å². The van der Waals surface area contributed by atoms with Gasteiger partial charge in [0.2, 0.25) is 5.95 Å². The molecule has 0 radical (unpaired) electrons. The molecule has 1 amide bonds. The molecular formula is C36H41ClFN5O3. The zero-order chi connectivity index (χ0) is 32.8. The van der Waals surface area contributed by atoms with Crippen molar-refractivity contribution >= 4 is 35.1 Å². The number of anilines is 3. The molecule has 5 rings (SSSR count). The lowest BCUT2D eigenvalue weighted by atomic mass is 9.87. The maximum absolute atomic E-state index is 15.0. The summed E-state index contributed by atoms with van der Waals surface area (Å²) in [6.07, 6.45) is 4.88. The van der Waals surface area contributed by atoms with E-state index in [0.29, 0.717) is 17.3 Å². The Balaban J connectivity index is 1.39. The van der Waals surface area contributed by atoms with Gasteiger partial charge < -0.3 is 20.1 Å². The number of carboxylic acid groups (broad SMARTS) is 1. The largest absolute Gasteiger partial charge is 0.490 e. The lowest BCUT2D eigenvalue weighted by molar-refractivity contribution is 0.200. The van der Waals surface area contributed by atoms with Gasteiger partial charge in [-0.05, 0) is 118 Å². The molecule has 0 aliphatic carbocycles. The van der Waals surface area contributed by atoms with Crippen molar-refractivity contribution < 1.29 is 19.0 Å². The number of aryl methyl sites for hydroxylation is 4. The van der Waals surface area contributed by atoms with E-state index in [0.717, 1.165) is 59.4 Å². The maximum Gasteiger partial charge on any atom is 0.413 e. The van der Waals surface area contributed by atoms with Crippen molar-refractivity contribution in [1.82, 2.24) is 14.9 Å². The molecule has 1 fully saturated rings. The average Bonchev–Trinajstić information content (AvgIpc) is 3.01. The summed E-state index contributed by atoms with van der Waals surface area (Å²) < 4.78 is 20.7. The molecule has 1 aliphatic rings. The Morgan fingerprint density at radius 2 is 1.76 bits per heavy atom. The fourth-order valence-electron chi connectivity index (χ4n) is 6.31. The first-order valence-corrected chi connectivity index (χ1v) is 16.1. The molecule has 46 heavy (non-hydrogen) atoms. The molecule has 0 saturated carbocycles. The van der Waals surface area contributed by atoms with E-state index in [1.165, 1.54) is 36.4 Å². The Kier molecular flexibility index (Phi) is 10.8. The number of rotatable bonds is 11. The molecule has 2 heterocycles. The number of piperidine rings is 1. The summed E-state index contributed by atoms with van der Waals surface area (Å²) in [5.41, 5.74) is 5.86. The van der Waals surface area contributed by atoms with Crippen LogP contribution in [0.5, 0.6) is 5.75 Å². The number of hydrogen-bond acceptors (Lipinski definition) is 6. The van der Waals surface area contributed by atoms with Crippen LogP contribution in [0.25, 0.3) is 0 Å². The zero-order valence-electron chi connectivity index (χ0n) is 26.8. The van der Waals surface area contributed by atoms with Crippen LogP contribution in [0.4, 0.5) is 26.6 Å². The van der Waals surface area contributed by atoms with Crippen molar-refractivity contribution in [2.24, 2.45) is 0 Å². The highest BCUT2D eigenvalue weighted by Gasteiger charge is 2.33. The van der Waals surface area contributed by atoms with E-state index < -0.39 is 18.0 Å². The van der Waals surface area contributed by atoms with Crippen molar-refractivity contribution in [1.29, 1.82) is 0 Å². The topological polar surface area (TPSA) is 90.8 Å². The minimum absolute atomic E-state index is 0.122. The number of nitrogens with one attached hydrogen (secondary N) is 1. The second-order valence-electron chi connectivity index (χ2n) is 12.0. The number of likely N-dealkylation sites (tertiary alicyclic amines) is 1. The fraction of sp³-hybridized carbons (Fsp3) is 0.361. The number of nitrogens with zero attached hydrogens (tertiary/aromatic N) is 4. The van der Waals surface area contributed by atoms with Gasteiger partial charge in [0.25, 0.3) is 0 Å². The average molecular weight is 646 g/mol. The third-order valence-electron chi connectivity index (χ3n) is 8.41. The normalized spacial score (nSPS) is 14.1. The summed E-state index contributed by atoms with van der Waals surface area (Å²) in [4.78, 5) is 25.6. The third kappa shape index (κ3) is 7.95. The third-order valence-corrected chi connectivity index (χ3v) is 8.65. The molecule has 1 unspecified atom stereocenters. The summed E-state index contributed by atoms with van der Waals surface area (Å²) in [7, 11) is 0. The van der Waals surface area contributed by atoms with Crippen LogP contribution < -0.4 is 15.0 Å². The van der Waals surface area contributed by atoms with Crippen molar-refractivity contribution in [2.75, 3.05) is 36.5 Å². The summed E-state index contributed by atoms with van der Waals surface area (Å²) >= 11 is 6.45. The van der Waals surface area contributed by atoms with Gasteiger partial charge in [-0.15, -0.1) is 0 Å². The first-order valence-electron chi connectivity index (χ1n) is 15.7. The first kappa shape index (κ1) is 33.2. The van der Waals surface area contributed by atoms with Gasteiger partial charge in [-0.2, -0.15) is 4.98 Å². The highest BCUT2D eigenvalue weighted by Crippen LogP contribution is 2.39. The van der Waals surface area contributed by atoms with Gasteiger partial charge in [0.1, 0.15) is 5.82 Å². The van der Waals surface area contributed by atoms with E-state index in [1.54, 1.807) is 30.3 Å². The van der Waals surface area contributed by atoms with E-state index >= 15 is 0 Å². The minimum Gasteiger partial charge on any atom is -0.490 e. The number of hydrogen-bond donors (Lipinski definition) is 2. The second kappa shape index (κ2) is 14.9. The smallest absolute Gasteiger partial charge is 0.413 e. The van der Waals surface area contributed by atoms with E-state index in [2.05, 4.69) is 20.2 Å². The summed E-state index contributed by atoms with van der Waals surface area (Å²) in [5, 5.41) is 14.2. The summed E-state index contributed by atoms with van der Waals surface area (Å²) in [6.45, 7) is 11.5. The molecule has 1 saturated heterocycles. The number of benzene rings is 3. The second-order valence-corrected chi connectivity index (χ2v) is 12.4. The first-order chi connectivity index (χ1) is 22.1. The Morgan fingerprint density at radius 3 is 2.46 bits per heavy atom. The number of aromatic nitrogens is 2. The molecular weight excluding hydrogens is 605 g/mol. The van der Waals surface area contributed by atoms with Gasteiger partial charge in [0.05, 0.1) is 12.6 Å². The summed E-state index contributed by atoms with van der Waals surface area (Å²) in [6, 6.07) is 14.9. The van der Waals surface area contributed by atoms with E-state index in [1.807, 2.05) is 45.9 Å². The van der Waals surface area contributed by atoms with Gasteiger partial charge in [-0.3, -0.25) is 0 Å². The molecule has 0 spiro atoms. The van der Waals surface area contributed by atoms with Gasteiger partial charge in [-0.1, -0.05) is 41.8 Å². The molecule has 1 aliphatic heterocycles. The maximum atomic E-state index is 15.0. The molecule has 2 N–H and O–H groups in total. The Bertz CT molecular complexity index is 1670. The van der Waals surface area contributed by atoms with Crippen LogP contribution in [0.3, 0.4) is 0 Å². The minimum atomic E-state index is -1.19. The number of ether oxygens (including phenoxy) is 1. The van der Waals surface area contributed by atoms with Crippen LogP contribution in [0, 0.1) is 33.5 Å². The van der Waals surface area contributed by atoms with Gasteiger partial charge in [0.15, 0.2) is 11.6 Å². The monoisotopic (exact) mass is 645 g/mol. The van der Waals surface area contributed by atoms with Crippen LogP contribution in [-0.2, 0) is 0 Å². The highest BCUT2D eigenvalue weighted by molar-refractivity contribution is 6.30. The number of halogens is 2. The molecule has 1 atom stereocenters. The number of amides is 1. The molecule has 1 aromatic heterocycles. The highest BCUT2D eigenvalue weighted by atomic mass is 35.5. The predicted octanol–water partition coefficient (Wildman–Crippen LogP) is 8.78.